The molecule has 4 aliphatic carbocycles. The molecule has 0 amide bonds. The molecule has 7 aromatic rings. The fourth-order valence-electron chi connectivity index (χ4n) is 10.5. The van der Waals surface area contributed by atoms with E-state index in [0.717, 1.165) is 56.8 Å². The highest BCUT2D eigenvalue weighted by molar-refractivity contribution is 7.99. The van der Waals surface area contributed by atoms with E-state index in [0.29, 0.717) is 5.41 Å². The number of para-hydroxylation sites is 3. The van der Waals surface area contributed by atoms with E-state index in [4.69, 9.17) is 4.42 Å². The lowest BCUT2D eigenvalue weighted by molar-refractivity contribution is -0.00518. The molecule has 50 heavy (non-hydrogen) atoms. The van der Waals surface area contributed by atoms with Crippen molar-refractivity contribution in [3.63, 3.8) is 0 Å². The summed E-state index contributed by atoms with van der Waals surface area (Å²) in [5.41, 5.74) is 10.8. The summed E-state index contributed by atoms with van der Waals surface area (Å²) in [6.45, 7) is 0. The highest BCUT2D eigenvalue weighted by Crippen LogP contribution is 2.61. The molecule has 4 fully saturated rings. The molecule has 0 saturated heterocycles. The van der Waals surface area contributed by atoms with Gasteiger partial charge >= 0.3 is 0 Å². The third kappa shape index (κ3) is 4.51. The summed E-state index contributed by atoms with van der Waals surface area (Å²) in [4.78, 5) is 7.37. The first-order chi connectivity index (χ1) is 24.7. The average molecular weight is 667 g/mol. The number of benzene rings is 6. The Balaban J connectivity index is 1.02. The molecule has 0 unspecified atom stereocenters. The molecule has 4 heteroatoms. The molecule has 6 aromatic carbocycles. The van der Waals surface area contributed by atoms with Gasteiger partial charge in [0.15, 0.2) is 0 Å². The molecule has 244 valence electrons. The molecule has 0 atom stereocenters. The largest absolute Gasteiger partial charge is 0.456 e. The minimum absolute atomic E-state index is 0.383. The molecule has 3 nitrogen and oxygen atoms in total. The second-order valence-electron chi connectivity index (χ2n) is 15.2. The van der Waals surface area contributed by atoms with Crippen LogP contribution in [-0.2, 0) is 5.41 Å². The maximum Gasteiger partial charge on any atom is 0.135 e. The monoisotopic (exact) mass is 666 g/mol. The number of anilines is 6. The molecule has 12 rings (SSSR count). The Kier molecular flexibility index (Phi) is 6.37. The minimum Gasteiger partial charge on any atom is -0.456 e. The zero-order valence-electron chi connectivity index (χ0n) is 28.0. The fraction of sp³-hybridized carbons (Fsp3) is 0.217. The van der Waals surface area contributed by atoms with Crippen LogP contribution in [0.25, 0.3) is 21.9 Å². The lowest BCUT2D eigenvalue weighted by atomic mass is 9.48. The highest BCUT2D eigenvalue weighted by Gasteiger charge is 2.51. The maximum atomic E-state index is 6.25. The molecule has 2 heterocycles. The molecular formula is C46H38N2OS. The van der Waals surface area contributed by atoms with Crippen LogP contribution in [0.4, 0.5) is 34.1 Å². The second kappa shape index (κ2) is 11.0. The molecular weight excluding hydrogens is 629 g/mol. The van der Waals surface area contributed by atoms with Gasteiger partial charge in [-0.25, -0.2) is 0 Å². The molecule has 1 aliphatic heterocycles. The van der Waals surface area contributed by atoms with E-state index in [1.807, 2.05) is 17.8 Å². The van der Waals surface area contributed by atoms with Gasteiger partial charge in [-0.1, -0.05) is 66.4 Å². The van der Waals surface area contributed by atoms with Crippen molar-refractivity contribution in [2.45, 2.75) is 53.7 Å². The normalized spacial score (nSPS) is 23.3. The van der Waals surface area contributed by atoms with Crippen molar-refractivity contribution >= 4 is 67.8 Å². The Hall–Kier alpha value is -4.93. The number of fused-ring (bicyclic) bond motifs is 5. The van der Waals surface area contributed by atoms with Gasteiger partial charge < -0.3 is 14.2 Å². The number of hydrogen-bond acceptors (Lipinski definition) is 4. The van der Waals surface area contributed by atoms with Crippen molar-refractivity contribution in [3.05, 3.63) is 145 Å². The number of nitrogens with zero attached hydrogens (tertiary/aromatic N) is 2. The van der Waals surface area contributed by atoms with E-state index in [-0.39, 0.29) is 0 Å². The summed E-state index contributed by atoms with van der Waals surface area (Å²) < 4.78 is 6.25. The van der Waals surface area contributed by atoms with Crippen molar-refractivity contribution in [1.29, 1.82) is 0 Å². The van der Waals surface area contributed by atoms with Gasteiger partial charge in [0.2, 0.25) is 0 Å². The summed E-state index contributed by atoms with van der Waals surface area (Å²) in [6.07, 6.45) is 8.57. The van der Waals surface area contributed by atoms with Crippen LogP contribution in [0.1, 0.15) is 44.1 Å². The lowest BCUT2D eigenvalue weighted by Gasteiger charge is -2.57. The summed E-state index contributed by atoms with van der Waals surface area (Å²) in [6, 6.07) is 51.3. The standard InChI is InChI=1S/C46H38N2OS/c1-4-10-42-38(7-1)39-26-37(21-22-43(39)49-42)47(34-15-13-33(14-16-34)46-27-30-23-31(28-46)25-32(24-30)29-46)35-17-19-36(20-18-35)48-40-8-2-5-11-44(40)50-45-12-6-3-9-41(45)48/h1-22,26,30-32H,23-25,27-29H2. The Morgan fingerprint density at radius 2 is 1.08 bits per heavy atom. The summed E-state index contributed by atoms with van der Waals surface area (Å²) in [7, 11) is 0. The van der Waals surface area contributed by atoms with Gasteiger partial charge in [-0.3, -0.25) is 0 Å². The Bertz CT molecular complexity index is 2330. The lowest BCUT2D eigenvalue weighted by Crippen LogP contribution is -2.48. The third-order valence-corrected chi connectivity index (χ3v) is 13.3. The Morgan fingerprint density at radius 1 is 0.540 bits per heavy atom. The summed E-state index contributed by atoms with van der Waals surface area (Å²) in [5, 5.41) is 2.29. The van der Waals surface area contributed by atoms with Crippen molar-refractivity contribution in [2.75, 3.05) is 9.80 Å². The average Bonchev–Trinajstić information content (AvgIpc) is 3.52. The summed E-state index contributed by atoms with van der Waals surface area (Å²) >= 11 is 1.85. The van der Waals surface area contributed by atoms with Crippen LogP contribution in [0.2, 0.25) is 0 Å². The van der Waals surface area contributed by atoms with Crippen LogP contribution >= 0.6 is 11.8 Å². The molecule has 0 N–H and O–H groups in total. The number of furan rings is 1. The predicted octanol–water partition coefficient (Wildman–Crippen LogP) is 13.5. The number of rotatable bonds is 5. The van der Waals surface area contributed by atoms with Crippen LogP contribution in [0, 0.1) is 17.8 Å². The smallest absolute Gasteiger partial charge is 0.135 e. The molecule has 0 spiro atoms. The van der Waals surface area contributed by atoms with Gasteiger partial charge in [0.25, 0.3) is 0 Å². The van der Waals surface area contributed by atoms with Crippen LogP contribution in [0.5, 0.6) is 0 Å². The first-order valence-corrected chi connectivity index (χ1v) is 19.1. The van der Waals surface area contributed by atoms with Crippen LogP contribution in [0.15, 0.2) is 154 Å². The predicted molar refractivity (Wildman–Crippen MR) is 207 cm³/mol. The topological polar surface area (TPSA) is 19.6 Å². The molecule has 4 bridgehead atoms. The zero-order chi connectivity index (χ0) is 32.8. The van der Waals surface area contributed by atoms with Gasteiger partial charge in [0, 0.05) is 43.3 Å². The van der Waals surface area contributed by atoms with Crippen molar-refractivity contribution in [2.24, 2.45) is 17.8 Å². The van der Waals surface area contributed by atoms with Gasteiger partial charge in [0.05, 0.1) is 11.4 Å². The van der Waals surface area contributed by atoms with Gasteiger partial charge in [-0.2, -0.15) is 0 Å². The van der Waals surface area contributed by atoms with Crippen molar-refractivity contribution < 1.29 is 4.42 Å². The minimum atomic E-state index is 0.383. The third-order valence-electron chi connectivity index (χ3n) is 12.2. The zero-order valence-corrected chi connectivity index (χ0v) is 28.8. The van der Waals surface area contributed by atoms with Crippen LogP contribution in [0.3, 0.4) is 0 Å². The van der Waals surface area contributed by atoms with Gasteiger partial charge in [-0.15, -0.1) is 0 Å². The van der Waals surface area contributed by atoms with E-state index < -0.39 is 0 Å². The van der Waals surface area contributed by atoms with Crippen LogP contribution in [-0.4, -0.2) is 0 Å². The molecule has 1 aromatic heterocycles. The van der Waals surface area contributed by atoms with E-state index in [1.165, 1.54) is 65.4 Å². The van der Waals surface area contributed by atoms with Crippen LogP contribution < -0.4 is 9.80 Å². The van der Waals surface area contributed by atoms with Crippen molar-refractivity contribution in [3.8, 4) is 0 Å². The van der Waals surface area contributed by atoms with Gasteiger partial charge in [-0.05, 0) is 152 Å². The SMILES string of the molecule is c1ccc2c(c1)Sc1ccccc1N2c1ccc(N(c2ccc(C34CC5CC(CC(C5)C3)C4)cc2)c2ccc3oc4ccccc4c3c2)cc1. The Labute approximate surface area is 297 Å². The number of hydrogen-bond donors (Lipinski definition) is 0. The van der Waals surface area contributed by atoms with Crippen molar-refractivity contribution in [1.82, 2.24) is 0 Å². The second-order valence-corrected chi connectivity index (χ2v) is 16.3. The maximum absolute atomic E-state index is 6.25. The molecule has 5 aliphatic rings. The fourth-order valence-corrected chi connectivity index (χ4v) is 11.5. The first kappa shape index (κ1) is 28.9. The van der Waals surface area contributed by atoms with E-state index in [1.54, 1.807) is 5.56 Å². The Morgan fingerprint density at radius 3 is 1.74 bits per heavy atom. The first-order valence-electron chi connectivity index (χ1n) is 18.3. The molecule has 0 radical (unpaired) electrons. The van der Waals surface area contributed by atoms with E-state index in [2.05, 4.69) is 143 Å². The quantitative estimate of drug-likeness (QED) is 0.182. The van der Waals surface area contributed by atoms with E-state index >= 15 is 0 Å². The molecule has 4 saturated carbocycles. The van der Waals surface area contributed by atoms with Gasteiger partial charge in [0.1, 0.15) is 11.2 Å². The van der Waals surface area contributed by atoms with E-state index in [9.17, 15) is 0 Å². The summed E-state index contributed by atoms with van der Waals surface area (Å²) in [5.74, 6) is 2.81. The highest BCUT2D eigenvalue weighted by atomic mass is 32.2.